The molecule has 0 saturated carbocycles. The van der Waals surface area contributed by atoms with Gasteiger partial charge in [-0.15, -0.1) is 0 Å². The minimum Gasteiger partial charge on any atom is -0.389 e. The fourth-order valence-electron chi connectivity index (χ4n) is 1.49. The molecule has 0 saturated heterocycles. The monoisotopic (exact) mass is 271 g/mol. The van der Waals surface area contributed by atoms with E-state index in [9.17, 15) is 5.11 Å². The first-order valence-electron chi connectivity index (χ1n) is 6.25. The Kier molecular flexibility index (Phi) is 6.47. The summed E-state index contributed by atoms with van der Waals surface area (Å²) in [5, 5.41) is 13.5. The highest BCUT2D eigenvalue weighted by molar-refractivity contribution is 6.33. The van der Waals surface area contributed by atoms with Gasteiger partial charge in [0, 0.05) is 13.2 Å². The first kappa shape index (κ1) is 15.3. The van der Waals surface area contributed by atoms with E-state index < -0.39 is 6.10 Å². The molecule has 18 heavy (non-hydrogen) atoms. The van der Waals surface area contributed by atoms with Crippen molar-refractivity contribution in [1.82, 2.24) is 0 Å². The molecule has 0 aliphatic rings. The zero-order chi connectivity index (χ0) is 13.5. The van der Waals surface area contributed by atoms with Crippen molar-refractivity contribution >= 4 is 17.3 Å². The van der Waals surface area contributed by atoms with Gasteiger partial charge in [-0.2, -0.15) is 0 Å². The van der Waals surface area contributed by atoms with Crippen LogP contribution in [0.15, 0.2) is 18.2 Å². The molecule has 0 amide bonds. The smallest absolute Gasteiger partial charge is 0.0945 e. The Labute approximate surface area is 114 Å². The van der Waals surface area contributed by atoms with E-state index in [1.807, 2.05) is 25.1 Å². The minimum absolute atomic E-state index is 0.342. The lowest BCUT2D eigenvalue weighted by Crippen LogP contribution is -2.25. The number of halogens is 1. The van der Waals surface area contributed by atoms with Crippen molar-refractivity contribution < 1.29 is 9.84 Å². The molecule has 1 aromatic carbocycles. The summed E-state index contributed by atoms with van der Waals surface area (Å²) in [4.78, 5) is 0. The molecule has 0 aliphatic carbocycles. The standard InChI is InChI=1S/C14H22ClNO2/c1-10(2)8-18-9-12(17)7-16-14-5-4-11(3)6-13(14)15/h4-6,10,12,16-17H,7-9H2,1-3H3. The maximum absolute atomic E-state index is 9.74. The summed E-state index contributed by atoms with van der Waals surface area (Å²) >= 11 is 6.08. The quantitative estimate of drug-likeness (QED) is 0.801. The molecule has 1 unspecified atom stereocenters. The van der Waals surface area contributed by atoms with Crippen molar-refractivity contribution in [2.24, 2.45) is 5.92 Å². The van der Waals surface area contributed by atoms with Crippen LogP contribution in [-0.2, 0) is 4.74 Å². The normalized spacial score (nSPS) is 12.8. The summed E-state index contributed by atoms with van der Waals surface area (Å²) < 4.78 is 5.37. The maximum Gasteiger partial charge on any atom is 0.0945 e. The maximum atomic E-state index is 9.74. The molecule has 3 nitrogen and oxygen atoms in total. The first-order valence-corrected chi connectivity index (χ1v) is 6.62. The molecule has 0 radical (unpaired) electrons. The molecular formula is C14H22ClNO2. The predicted octanol–water partition coefficient (Wildman–Crippen LogP) is 3.09. The Morgan fingerprint density at radius 2 is 2.06 bits per heavy atom. The zero-order valence-electron chi connectivity index (χ0n) is 11.2. The highest BCUT2D eigenvalue weighted by Crippen LogP contribution is 2.22. The van der Waals surface area contributed by atoms with Crippen LogP contribution in [0.5, 0.6) is 0 Å². The van der Waals surface area contributed by atoms with Crippen LogP contribution in [0.25, 0.3) is 0 Å². The predicted molar refractivity (Wildman–Crippen MR) is 76.3 cm³/mol. The first-order chi connectivity index (χ1) is 8.49. The molecule has 102 valence electrons. The van der Waals surface area contributed by atoms with Crippen molar-refractivity contribution in [3.8, 4) is 0 Å². The fourth-order valence-corrected chi connectivity index (χ4v) is 1.79. The van der Waals surface area contributed by atoms with Crippen LogP contribution in [0.4, 0.5) is 5.69 Å². The molecule has 1 atom stereocenters. The SMILES string of the molecule is Cc1ccc(NCC(O)COCC(C)C)c(Cl)c1. The van der Waals surface area contributed by atoms with Crippen molar-refractivity contribution in [3.05, 3.63) is 28.8 Å². The van der Waals surface area contributed by atoms with Crippen molar-refractivity contribution in [2.45, 2.75) is 26.9 Å². The Morgan fingerprint density at radius 3 is 2.67 bits per heavy atom. The highest BCUT2D eigenvalue weighted by Gasteiger charge is 2.06. The summed E-state index contributed by atoms with van der Waals surface area (Å²) in [5.74, 6) is 0.483. The number of aliphatic hydroxyl groups excluding tert-OH is 1. The topological polar surface area (TPSA) is 41.5 Å². The molecule has 0 aliphatic heterocycles. The van der Waals surface area contributed by atoms with Gasteiger partial charge in [0.2, 0.25) is 0 Å². The van der Waals surface area contributed by atoms with E-state index in [1.165, 1.54) is 0 Å². The van der Waals surface area contributed by atoms with Gasteiger partial charge in [-0.25, -0.2) is 0 Å². The second kappa shape index (κ2) is 7.62. The summed E-state index contributed by atoms with van der Waals surface area (Å²) in [7, 11) is 0. The summed E-state index contributed by atoms with van der Waals surface area (Å²) in [6, 6.07) is 5.79. The van der Waals surface area contributed by atoms with E-state index in [0.29, 0.717) is 30.7 Å². The van der Waals surface area contributed by atoms with Crippen LogP contribution in [0.3, 0.4) is 0 Å². The average molecular weight is 272 g/mol. The van der Waals surface area contributed by atoms with Gasteiger partial charge in [-0.1, -0.05) is 31.5 Å². The highest BCUT2D eigenvalue weighted by atomic mass is 35.5. The number of rotatable bonds is 7. The second-order valence-corrected chi connectivity index (χ2v) is 5.36. The number of hydrogen-bond donors (Lipinski definition) is 2. The zero-order valence-corrected chi connectivity index (χ0v) is 12.0. The number of anilines is 1. The van der Waals surface area contributed by atoms with Crippen molar-refractivity contribution in [1.29, 1.82) is 0 Å². The van der Waals surface area contributed by atoms with E-state index in [4.69, 9.17) is 16.3 Å². The van der Waals surface area contributed by atoms with Gasteiger partial charge in [0.1, 0.15) is 0 Å². The van der Waals surface area contributed by atoms with Gasteiger partial charge in [0.25, 0.3) is 0 Å². The molecule has 1 aromatic rings. The number of hydrogen-bond acceptors (Lipinski definition) is 3. The lowest BCUT2D eigenvalue weighted by atomic mass is 10.2. The Hall–Kier alpha value is -0.770. The van der Waals surface area contributed by atoms with E-state index in [0.717, 1.165) is 11.3 Å². The van der Waals surface area contributed by atoms with Crippen LogP contribution in [0, 0.1) is 12.8 Å². The molecule has 0 heterocycles. The summed E-state index contributed by atoms with van der Waals surface area (Å²) in [6.45, 7) is 7.59. The number of ether oxygens (including phenoxy) is 1. The third-order valence-corrected chi connectivity index (χ3v) is 2.73. The number of nitrogens with one attached hydrogen (secondary N) is 1. The third-order valence-electron chi connectivity index (χ3n) is 2.41. The fraction of sp³-hybridized carbons (Fsp3) is 0.571. The second-order valence-electron chi connectivity index (χ2n) is 4.95. The van der Waals surface area contributed by atoms with E-state index in [2.05, 4.69) is 19.2 Å². The van der Waals surface area contributed by atoms with Crippen LogP contribution < -0.4 is 5.32 Å². The molecule has 0 fully saturated rings. The number of aliphatic hydroxyl groups is 1. The van der Waals surface area contributed by atoms with Gasteiger partial charge in [-0.05, 0) is 30.5 Å². The van der Waals surface area contributed by atoms with E-state index in [1.54, 1.807) is 0 Å². The molecule has 2 N–H and O–H groups in total. The van der Waals surface area contributed by atoms with Gasteiger partial charge in [0.15, 0.2) is 0 Å². The molecule has 0 bridgehead atoms. The number of benzene rings is 1. The molecule has 0 spiro atoms. The van der Waals surface area contributed by atoms with Crippen LogP contribution in [0.2, 0.25) is 5.02 Å². The Balaban J connectivity index is 2.31. The molecular weight excluding hydrogens is 250 g/mol. The van der Waals surface area contributed by atoms with Crippen LogP contribution in [0.1, 0.15) is 19.4 Å². The van der Waals surface area contributed by atoms with Gasteiger partial charge >= 0.3 is 0 Å². The van der Waals surface area contributed by atoms with Gasteiger partial charge < -0.3 is 15.2 Å². The van der Waals surface area contributed by atoms with Gasteiger partial charge in [-0.3, -0.25) is 0 Å². The largest absolute Gasteiger partial charge is 0.389 e. The average Bonchev–Trinajstić information content (AvgIpc) is 2.27. The van der Waals surface area contributed by atoms with E-state index in [-0.39, 0.29) is 0 Å². The van der Waals surface area contributed by atoms with E-state index >= 15 is 0 Å². The van der Waals surface area contributed by atoms with Gasteiger partial charge in [0.05, 0.1) is 23.4 Å². The molecule has 0 aromatic heterocycles. The summed E-state index contributed by atoms with van der Waals surface area (Å²) in [6.07, 6.45) is -0.527. The lowest BCUT2D eigenvalue weighted by Gasteiger charge is -2.15. The molecule has 1 rings (SSSR count). The van der Waals surface area contributed by atoms with Crippen molar-refractivity contribution in [3.63, 3.8) is 0 Å². The van der Waals surface area contributed by atoms with Crippen LogP contribution >= 0.6 is 11.6 Å². The number of aryl methyl sites for hydroxylation is 1. The third kappa shape index (κ3) is 5.71. The lowest BCUT2D eigenvalue weighted by molar-refractivity contribution is 0.0318. The minimum atomic E-state index is -0.527. The van der Waals surface area contributed by atoms with Crippen molar-refractivity contribution in [2.75, 3.05) is 25.1 Å². The summed E-state index contributed by atoms with van der Waals surface area (Å²) in [5.41, 5.74) is 1.96. The van der Waals surface area contributed by atoms with Crippen LogP contribution in [-0.4, -0.2) is 31.0 Å². The Bertz CT molecular complexity index is 369. The Morgan fingerprint density at radius 1 is 1.33 bits per heavy atom. The molecule has 4 heteroatoms.